The highest BCUT2D eigenvalue weighted by molar-refractivity contribution is 4.40. The minimum atomic E-state index is 0. The molecule has 1 heterocycles. The van der Waals surface area contributed by atoms with Crippen molar-refractivity contribution in [1.82, 2.24) is 5.32 Å². The maximum atomic E-state index is 3.23. The summed E-state index contributed by atoms with van der Waals surface area (Å²) in [5, 5.41) is 3.23. The Balaban J connectivity index is 0.000000360. The number of rotatable bonds is 0. The van der Waals surface area contributed by atoms with Crippen molar-refractivity contribution in [3.8, 4) is 0 Å². The van der Waals surface area contributed by atoms with E-state index in [4.69, 9.17) is 0 Å². The fourth-order valence-electron chi connectivity index (χ4n) is 0.692. The van der Waals surface area contributed by atoms with E-state index >= 15 is 0 Å². The molecule has 0 aromatic rings. The molecule has 0 aromatic carbocycles. The molecule has 0 aromatic heterocycles. The van der Waals surface area contributed by atoms with E-state index in [9.17, 15) is 0 Å². The molecule has 3 heteroatoms. The van der Waals surface area contributed by atoms with E-state index in [0.29, 0.717) is 0 Å². The number of hydrogen-bond acceptors (Lipinski definition) is 1. The second-order valence-electron chi connectivity index (χ2n) is 1.88. The molecule has 2 N–H and O–H groups in total. The average Bonchev–Trinajstić information content (AvgIpc) is 1.86. The van der Waals surface area contributed by atoms with Gasteiger partial charge in [-0.1, -0.05) is 0 Å². The first-order valence-electron chi connectivity index (χ1n) is 2.41. The quantitative estimate of drug-likeness (QED) is 0.386. The Morgan fingerprint density at radius 1 is 1.57 bits per heavy atom. The molecule has 0 saturated carbocycles. The molecule has 7 heavy (non-hydrogen) atoms. The minimum Gasteiger partial charge on any atom is -1.00 e. The second-order valence-corrected chi connectivity index (χ2v) is 1.88. The first kappa shape index (κ1) is 7.65. The zero-order valence-corrected chi connectivity index (χ0v) is 6.66. The van der Waals surface area contributed by atoms with E-state index in [1.165, 1.54) is 13.1 Å². The lowest BCUT2D eigenvalue weighted by Gasteiger charge is -1.97. The van der Waals surface area contributed by atoms with Crippen LogP contribution in [-0.4, -0.2) is 26.8 Å². The topological polar surface area (TPSA) is 16.5 Å². The molecule has 1 fully saturated rings. The molecule has 0 bridgehead atoms. The summed E-state index contributed by atoms with van der Waals surface area (Å²) in [7, 11) is 2.19. The molecule has 0 radical (unpaired) electrons. The van der Waals surface area contributed by atoms with Gasteiger partial charge in [0.1, 0.15) is 6.67 Å². The van der Waals surface area contributed by atoms with Crippen LogP contribution in [0.15, 0.2) is 0 Å². The Morgan fingerprint density at radius 2 is 2.29 bits per heavy atom. The molecule has 2 nitrogen and oxygen atoms in total. The third kappa shape index (κ3) is 2.46. The SMILES string of the molecule is C[NH+]1CCNC1.[I-]. The van der Waals surface area contributed by atoms with Gasteiger partial charge in [0.15, 0.2) is 0 Å². The lowest BCUT2D eigenvalue weighted by Crippen LogP contribution is -3.07. The Bertz CT molecular complexity index is 43.0. The Hall–Kier alpha value is 0.650. The molecule has 0 aliphatic carbocycles. The van der Waals surface area contributed by atoms with E-state index in [1.54, 1.807) is 4.90 Å². The second kappa shape index (κ2) is 3.63. The van der Waals surface area contributed by atoms with Gasteiger partial charge in [0.05, 0.1) is 13.6 Å². The van der Waals surface area contributed by atoms with Crippen LogP contribution in [0.2, 0.25) is 0 Å². The summed E-state index contributed by atoms with van der Waals surface area (Å²) >= 11 is 0. The summed E-state index contributed by atoms with van der Waals surface area (Å²) in [5.74, 6) is 0. The van der Waals surface area contributed by atoms with Crippen LogP contribution in [0.3, 0.4) is 0 Å². The lowest BCUT2D eigenvalue weighted by atomic mass is 10.7. The summed E-state index contributed by atoms with van der Waals surface area (Å²) in [4.78, 5) is 1.59. The fraction of sp³-hybridized carbons (Fsp3) is 1.00. The molecule has 1 aliphatic heterocycles. The van der Waals surface area contributed by atoms with E-state index < -0.39 is 0 Å². The number of hydrogen-bond donors (Lipinski definition) is 2. The van der Waals surface area contributed by atoms with Crippen LogP contribution in [0.1, 0.15) is 0 Å². The fourth-order valence-corrected chi connectivity index (χ4v) is 0.692. The van der Waals surface area contributed by atoms with Crippen LogP contribution in [0, 0.1) is 0 Å². The van der Waals surface area contributed by atoms with Crippen molar-refractivity contribution in [3.63, 3.8) is 0 Å². The highest BCUT2D eigenvalue weighted by atomic mass is 127. The summed E-state index contributed by atoms with van der Waals surface area (Å²) < 4.78 is 0. The number of likely N-dealkylation sites (N-methyl/N-ethyl adjacent to an activating group) is 1. The van der Waals surface area contributed by atoms with Crippen LogP contribution in [-0.2, 0) is 0 Å². The predicted octanol–water partition coefficient (Wildman–Crippen LogP) is -4.93. The molecule has 1 rings (SSSR count). The van der Waals surface area contributed by atoms with Crippen molar-refractivity contribution in [1.29, 1.82) is 0 Å². The predicted molar refractivity (Wildman–Crippen MR) is 24.6 cm³/mol. The van der Waals surface area contributed by atoms with Crippen molar-refractivity contribution >= 4 is 0 Å². The van der Waals surface area contributed by atoms with Crippen LogP contribution in [0.25, 0.3) is 0 Å². The Morgan fingerprint density at radius 3 is 2.43 bits per heavy atom. The van der Waals surface area contributed by atoms with Gasteiger partial charge in [-0.2, -0.15) is 0 Å². The Labute approximate surface area is 61.3 Å². The first-order chi connectivity index (χ1) is 2.89. The maximum Gasteiger partial charge on any atom is 0.131 e. The smallest absolute Gasteiger partial charge is 0.131 e. The highest BCUT2D eigenvalue weighted by Crippen LogP contribution is 1.53. The van der Waals surface area contributed by atoms with Gasteiger partial charge in [-0.25, -0.2) is 0 Å². The van der Waals surface area contributed by atoms with Gasteiger partial charge < -0.3 is 28.9 Å². The lowest BCUT2D eigenvalue weighted by molar-refractivity contribution is -0.866. The van der Waals surface area contributed by atoms with Crippen LogP contribution in [0.4, 0.5) is 0 Å². The first-order valence-corrected chi connectivity index (χ1v) is 2.41. The molecule has 1 unspecified atom stereocenters. The average molecular weight is 214 g/mol. The van der Waals surface area contributed by atoms with Crippen molar-refractivity contribution in [2.75, 3.05) is 26.8 Å². The summed E-state index contributed by atoms with van der Waals surface area (Å²) in [6, 6.07) is 0. The van der Waals surface area contributed by atoms with E-state index in [-0.39, 0.29) is 24.0 Å². The largest absolute Gasteiger partial charge is 1.00 e. The highest BCUT2D eigenvalue weighted by Gasteiger charge is 2.05. The molecule has 0 amide bonds. The minimum absolute atomic E-state index is 0. The van der Waals surface area contributed by atoms with Gasteiger partial charge in [0, 0.05) is 6.54 Å². The molecule has 1 aliphatic rings. The molecular weight excluding hydrogens is 203 g/mol. The third-order valence-electron chi connectivity index (χ3n) is 1.16. The number of nitrogens with one attached hydrogen (secondary N) is 2. The summed E-state index contributed by atoms with van der Waals surface area (Å²) in [6.45, 7) is 3.64. The number of halogens is 1. The van der Waals surface area contributed by atoms with Crippen molar-refractivity contribution in [2.24, 2.45) is 0 Å². The normalized spacial score (nSPS) is 29.6. The van der Waals surface area contributed by atoms with Crippen LogP contribution in [0.5, 0.6) is 0 Å². The van der Waals surface area contributed by atoms with Gasteiger partial charge in [-0.15, -0.1) is 0 Å². The zero-order chi connectivity index (χ0) is 4.41. The van der Waals surface area contributed by atoms with Crippen molar-refractivity contribution in [3.05, 3.63) is 0 Å². The van der Waals surface area contributed by atoms with Gasteiger partial charge >= 0.3 is 0 Å². The monoisotopic (exact) mass is 214 g/mol. The standard InChI is InChI=1S/C4H10N2.HI/c1-6-3-2-5-4-6;/h5H,2-4H2,1H3;1H. The van der Waals surface area contributed by atoms with Gasteiger partial charge in [-0.05, 0) is 0 Å². The molecular formula is C4H11IN2. The summed E-state index contributed by atoms with van der Waals surface area (Å²) in [5.41, 5.74) is 0. The Kier molecular flexibility index (Phi) is 3.96. The van der Waals surface area contributed by atoms with Crippen molar-refractivity contribution in [2.45, 2.75) is 0 Å². The molecule has 44 valence electrons. The molecule has 1 saturated heterocycles. The maximum absolute atomic E-state index is 3.23. The molecule has 0 spiro atoms. The number of quaternary nitrogens is 1. The van der Waals surface area contributed by atoms with E-state index in [2.05, 4.69) is 12.4 Å². The van der Waals surface area contributed by atoms with Crippen LogP contribution >= 0.6 is 0 Å². The van der Waals surface area contributed by atoms with E-state index in [1.807, 2.05) is 0 Å². The third-order valence-corrected chi connectivity index (χ3v) is 1.16. The summed E-state index contributed by atoms with van der Waals surface area (Å²) in [6.07, 6.45) is 0. The van der Waals surface area contributed by atoms with Gasteiger partial charge in [0.25, 0.3) is 0 Å². The molecule has 1 atom stereocenters. The zero-order valence-electron chi connectivity index (χ0n) is 4.50. The van der Waals surface area contributed by atoms with E-state index in [0.717, 1.165) is 6.67 Å². The van der Waals surface area contributed by atoms with Crippen LogP contribution < -0.4 is 34.2 Å². The van der Waals surface area contributed by atoms with Gasteiger partial charge in [0.2, 0.25) is 0 Å². The van der Waals surface area contributed by atoms with Gasteiger partial charge in [-0.3, -0.25) is 5.32 Å². The van der Waals surface area contributed by atoms with Crippen molar-refractivity contribution < 1.29 is 28.9 Å².